The predicted octanol–water partition coefficient (Wildman–Crippen LogP) is 2.88. The molecule has 12 nitrogen and oxygen atoms in total. The second kappa shape index (κ2) is 11.8. The molecule has 3 aromatic carbocycles. The van der Waals surface area contributed by atoms with Gasteiger partial charge < -0.3 is 26.2 Å². The summed E-state index contributed by atoms with van der Waals surface area (Å²) in [5, 5.41) is 27.7. The van der Waals surface area contributed by atoms with Crippen molar-refractivity contribution in [2.75, 3.05) is 22.0 Å². The molecule has 38 heavy (non-hydrogen) atoms. The number of carboxylic acid groups (broad SMARTS) is 1. The monoisotopic (exact) mass is 560 g/mol. The van der Waals surface area contributed by atoms with Crippen molar-refractivity contribution in [3.63, 3.8) is 0 Å². The van der Waals surface area contributed by atoms with Gasteiger partial charge in [-0.05, 0) is 67.1 Å². The first-order valence-corrected chi connectivity index (χ1v) is 12.8. The van der Waals surface area contributed by atoms with E-state index in [4.69, 9.17) is 37.7 Å². The number of benzene rings is 3. The summed E-state index contributed by atoms with van der Waals surface area (Å²) in [7, 11) is -4.07. The number of hydrogen-bond acceptors (Lipinski definition) is 7. The number of nitrogen functional groups attached to an aromatic ring is 1. The molecule has 0 heterocycles. The lowest BCUT2D eigenvalue weighted by atomic mass is 10.1. The molecule has 0 unspecified atom stereocenters. The van der Waals surface area contributed by atoms with Gasteiger partial charge in [-0.25, -0.2) is 9.93 Å². The van der Waals surface area contributed by atoms with E-state index >= 15 is 0 Å². The highest BCUT2D eigenvalue weighted by molar-refractivity contribution is 7.90. The van der Waals surface area contributed by atoms with Gasteiger partial charge in [-0.2, -0.15) is 8.42 Å². The van der Waals surface area contributed by atoms with Crippen LogP contribution in [-0.2, 0) is 21.5 Å². The zero-order valence-electron chi connectivity index (χ0n) is 20.0. The van der Waals surface area contributed by atoms with Crippen LogP contribution in [0.2, 0.25) is 5.02 Å². The van der Waals surface area contributed by atoms with Crippen LogP contribution < -0.4 is 31.0 Å². The lowest BCUT2D eigenvalue weighted by Crippen LogP contribution is -2.22. The number of carbonyl (C=O) groups excluding carboxylic acids is 1. The highest BCUT2D eigenvalue weighted by atomic mass is 35.5. The van der Waals surface area contributed by atoms with E-state index in [2.05, 4.69) is 15.4 Å². The Bertz CT molecular complexity index is 1490. The van der Waals surface area contributed by atoms with Gasteiger partial charge in [-0.3, -0.25) is 14.9 Å². The molecule has 0 saturated carbocycles. The molecule has 200 valence electrons. The van der Waals surface area contributed by atoms with Crippen LogP contribution in [0.1, 0.15) is 27.0 Å². The van der Waals surface area contributed by atoms with E-state index in [1.807, 2.05) is 0 Å². The van der Waals surface area contributed by atoms with Gasteiger partial charge in [0.2, 0.25) is 0 Å². The van der Waals surface area contributed by atoms with Gasteiger partial charge in [0.15, 0.2) is 6.61 Å². The molecule has 0 fully saturated rings. The minimum Gasteiger partial charge on any atom is -0.481 e. The molecule has 0 aliphatic carbocycles. The average Bonchev–Trinajstić information content (AvgIpc) is 2.81. The first-order valence-electron chi connectivity index (χ1n) is 10.9. The third-order valence-corrected chi connectivity index (χ3v) is 5.86. The number of aryl methyl sites for hydroxylation is 1. The molecule has 0 aromatic heterocycles. The molecule has 0 spiro atoms. The lowest BCUT2D eigenvalue weighted by Gasteiger charge is -2.18. The molecule has 1 amide bonds. The number of amides is 1. The van der Waals surface area contributed by atoms with Crippen LogP contribution in [0.3, 0.4) is 0 Å². The Labute approximate surface area is 223 Å². The molecule has 14 heteroatoms. The third kappa shape index (κ3) is 7.83. The van der Waals surface area contributed by atoms with Crippen molar-refractivity contribution >= 4 is 56.6 Å². The van der Waals surface area contributed by atoms with Gasteiger partial charge in [0.25, 0.3) is 16.1 Å². The summed E-state index contributed by atoms with van der Waals surface area (Å²) >= 11 is 6.14. The van der Waals surface area contributed by atoms with E-state index in [1.54, 1.807) is 43.3 Å². The lowest BCUT2D eigenvalue weighted by molar-refractivity contribution is -0.139. The van der Waals surface area contributed by atoms with Gasteiger partial charge in [0.1, 0.15) is 11.6 Å². The number of hydrogen-bond donors (Lipinski definition) is 7. The first kappa shape index (κ1) is 28.2. The summed E-state index contributed by atoms with van der Waals surface area (Å²) in [6.45, 7) is 1.02. The standard InChI is InChI=1S/C24H25ClN6O6S/c1-13-8-18(31-38(28,35)36)9-15(22(13)37-12-21(32)33)11-29-20-7-4-16(25)10-19(20)24(34)30-17-5-2-14(3-6-17)23(26)27/h2-10,29,31H,11-12H2,1H3,(H3,26,27)(H,30,34)(H,32,33)(H2,28,35,36). The summed E-state index contributed by atoms with van der Waals surface area (Å²) in [5.74, 6) is -1.54. The van der Waals surface area contributed by atoms with E-state index in [0.717, 1.165) is 0 Å². The molecule has 0 aliphatic heterocycles. The summed E-state index contributed by atoms with van der Waals surface area (Å²) in [4.78, 5) is 24.1. The van der Waals surface area contributed by atoms with Gasteiger partial charge in [0, 0.05) is 34.1 Å². The first-order chi connectivity index (χ1) is 17.8. The molecule has 9 N–H and O–H groups in total. The number of carbonyl (C=O) groups is 2. The average molecular weight is 561 g/mol. The topological polar surface area (TPSA) is 210 Å². The van der Waals surface area contributed by atoms with Crippen molar-refractivity contribution in [1.82, 2.24) is 0 Å². The predicted molar refractivity (Wildman–Crippen MR) is 145 cm³/mol. The van der Waals surface area contributed by atoms with Crippen molar-refractivity contribution in [2.45, 2.75) is 13.5 Å². The van der Waals surface area contributed by atoms with Crippen LogP contribution in [0.25, 0.3) is 0 Å². The highest BCUT2D eigenvalue weighted by Crippen LogP contribution is 2.30. The van der Waals surface area contributed by atoms with Gasteiger partial charge in [0.05, 0.1) is 11.3 Å². The second-order valence-electron chi connectivity index (χ2n) is 8.10. The van der Waals surface area contributed by atoms with E-state index in [0.29, 0.717) is 33.1 Å². The summed E-state index contributed by atoms with van der Waals surface area (Å²) in [6, 6.07) is 13.9. The molecule has 0 radical (unpaired) electrons. The molecule has 0 atom stereocenters. The van der Waals surface area contributed by atoms with Crippen molar-refractivity contribution < 1.29 is 27.9 Å². The molecule has 0 bridgehead atoms. The Balaban J connectivity index is 1.89. The van der Waals surface area contributed by atoms with Crippen LogP contribution in [0.4, 0.5) is 17.1 Å². The van der Waals surface area contributed by atoms with Crippen molar-refractivity contribution in [3.05, 3.63) is 81.9 Å². The van der Waals surface area contributed by atoms with Crippen LogP contribution in [0.15, 0.2) is 54.6 Å². The maximum Gasteiger partial charge on any atom is 0.341 e. The highest BCUT2D eigenvalue weighted by Gasteiger charge is 2.17. The smallest absolute Gasteiger partial charge is 0.341 e. The van der Waals surface area contributed by atoms with Crippen molar-refractivity contribution in [3.8, 4) is 5.75 Å². The second-order valence-corrected chi connectivity index (χ2v) is 9.83. The normalized spacial score (nSPS) is 10.9. The zero-order chi connectivity index (χ0) is 28.0. The Morgan fingerprint density at radius 3 is 2.37 bits per heavy atom. The van der Waals surface area contributed by atoms with E-state index in [9.17, 15) is 18.0 Å². The van der Waals surface area contributed by atoms with E-state index in [-0.39, 0.29) is 29.4 Å². The minimum absolute atomic E-state index is 0.0190. The number of nitrogens with two attached hydrogens (primary N) is 2. The largest absolute Gasteiger partial charge is 0.481 e. The summed E-state index contributed by atoms with van der Waals surface area (Å²) < 4.78 is 30.7. The number of aliphatic carboxylic acids is 1. The molecule has 3 rings (SSSR count). The molecular formula is C24H25ClN6O6S. The van der Waals surface area contributed by atoms with Crippen molar-refractivity contribution in [2.24, 2.45) is 10.9 Å². The Kier molecular flexibility index (Phi) is 8.78. The maximum atomic E-state index is 13.1. The number of anilines is 3. The third-order valence-electron chi connectivity index (χ3n) is 5.10. The number of carboxylic acids is 1. The fraction of sp³-hybridized carbons (Fsp3) is 0.125. The van der Waals surface area contributed by atoms with Gasteiger partial charge in [-0.1, -0.05) is 11.6 Å². The molecule has 0 saturated heterocycles. The van der Waals surface area contributed by atoms with Crippen molar-refractivity contribution in [1.29, 1.82) is 5.41 Å². The Hall–Kier alpha value is -4.33. The molecule has 3 aromatic rings. The number of amidine groups is 1. The van der Waals surface area contributed by atoms with Crippen LogP contribution in [0.5, 0.6) is 5.75 Å². The van der Waals surface area contributed by atoms with Crippen LogP contribution >= 0.6 is 11.6 Å². The van der Waals surface area contributed by atoms with E-state index in [1.165, 1.54) is 18.2 Å². The fourth-order valence-corrected chi connectivity index (χ4v) is 4.14. The Morgan fingerprint density at radius 2 is 1.76 bits per heavy atom. The maximum absolute atomic E-state index is 13.1. The molecular weight excluding hydrogens is 536 g/mol. The quantitative estimate of drug-likeness (QED) is 0.136. The fourth-order valence-electron chi connectivity index (χ4n) is 3.52. The molecule has 0 aliphatic rings. The zero-order valence-corrected chi connectivity index (χ0v) is 21.6. The number of ether oxygens (including phenoxy) is 1. The number of halogens is 1. The SMILES string of the molecule is Cc1cc(NS(N)(=O)=O)cc(CNc2ccc(Cl)cc2C(=O)Nc2ccc(C(=N)N)cc2)c1OCC(=O)O. The van der Waals surface area contributed by atoms with Crippen LogP contribution in [-0.4, -0.2) is 37.8 Å². The summed E-state index contributed by atoms with van der Waals surface area (Å²) in [6.07, 6.45) is 0. The minimum atomic E-state index is -4.07. The van der Waals surface area contributed by atoms with Gasteiger partial charge >= 0.3 is 5.97 Å². The van der Waals surface area contributed by atoms with Gasteiger partial charge in [-0.15, -0.1) is 0 Å². The number of nitrogens with one attached hydrogen (secondary N) is 4. The van der Waals surface area contributed by atoms with E-state index < -0.39 is 28.7 Å². The van der Waals surface area contributed by atoms with Crippen LogP contribution in [0, 0.1) is 12.3 Å². The Morgan fingerprint density at radius 1 is 1.08 bits per heavy atom. The summed E-state index contributed by atoms with van der Waals surface area (Å²) in [5.41, 5.74) is 8.03. The number of rotatable bonds is 11.